The molecule has 0 atom stereocenters. The molecule has 10 nitrogen and oxygen atoms in total. The second kappa shape index (κ2) is 15.7. The zero-order valence-corrected chi connectivity index (χ0v) is 29.6. The molecule has 0 saturated heterocycles. The van der Waals surface area contributed by atoms with E-state index >= 15 is 0 Å². The van der Waals surface area contributed by atoms with Gasteiger partial charge in [0.25, 0.3) is 0 Å². The van der Waals surface area contributed by atoms with Crippen molar-refractivity contribution in [2.45, 2.75) is 9.79 Å². The zero-order valence-electron chi connectivity index (χ0n) is 22.3. The maximum Gasteiger partial charge on any atom is 1.00 e. The van der Waals surface area contributed by atoms with Crippen molar-refractivity contribution in [2.24, 2.45) is 0 Å². The number of para-hydroxylation sites is 2. The topological polar surface area (TPSA) is 163 Å². The van der Waals surface area contributed by atoms with Crippen molar-refractivity contribution in [1.82, 2.24) is 0 Å². The van der Waals surface area contributed by atoms with Crippen molar-refractivity contribution in [3.05, 3.63) is 97.1 Å². The van der Waals surface area contributed by atoms with Gasteiger partial charge in [0, 0.05) is 33.9 Å². The minimum absolute atomic E-state index is 0. The molecule has 206 valence electrons. The number of anilines is 4. The summed E-state index contributed by atoms with van der Waals surface area (Å²) in [4.78, 5) is -1.49. The zero-order chi connectivity index (χ0) is 28.9. The number of rotatable bonds is 7. The number of benzene rings is 4. The Morgan fingerprint density at radius 1 is 0.500 bits per heavy atom. The molecule has 16 heteroatoms. The van der Waals surface area contributed by atoms with Gasteiger partial charge in [0.05, 0.1) is 9.79 Å². The minimum atomic E-state index is -5.12. The Morgan fingerprint density at radius 3 is 1.12 bits per heavy atom. The van der Waals surface area contributed by atoms with Gasteiger partial charge in [-0.15, -0.1) is 0 Å². The molecule has 0 saturated carbocycles. The van der Waals surface area contributed by atoms with E-state index in [0.717, 1.165) is 12.1 Å². The molecule has 0 fully saturated rings. The Morgan fingerprint density at radius 2 is 0.810 bits per heavy atom. The van der Waals surface area contributed by atoms with E-state index in [0.29, 0.717) is 11.4 Å². The summed E-state index contributed by atoms with van der Waals surface area (Å²) in [6.07, 6.45) is 0. The van der Waals surface area contributed by atoms with Crippen LogP contribution in [-0.2, 0) is 20.2 Å². The second-order valence-corrected chi connectivity index (χ2v) is 11.7. The number of hydrogen-bond acceptors (Lipinski definition) is 8. The Labute approximate surface area is 298 Å². The molecular weight excluding hydrogens is 639 g/mol. The maximum absolute atomic E-state index is 12.2. The van der Waals surface area contributed by atoms with Crippen LogP contribution in [0.25, 0.3) is 11.1 Å². The molecule has 0 bridgehead atoms. The molecule has 0 heterocycles. The fourth-order valence-corrected chi connectivity index (χ4v) is 5.60. The van der Waals surface area contributed by atoms with E-state index in [1.54, 1.807) is 48.5 Å². The van der Waals surface area contributed by atoms with Gasteiger partial charge in [0.1, 0.15) is 20.2 Å². The van der Waals surface area contributed by atoms with Crippen LogP contribution in [0, 0.1) is 0 Å². The first kappa shape index (κ1) is 36.3. The van der Waals surface area contributed by atoms with Crippen molar-refractivity contribution in [3.63, 3.8) is 0 Å². The van der Waals surface area contributed by atoms with Crippen LogP contribution in [0.1, 0.15) is 0 Å². The molecule has 4 N–H and O–H groups in total. The summed E-state index contributed by atoms with van der Waals surface area (Å²) < 4.78 is 73.2. The Balaban J connectivity index is 0.00000308. The third kappa shape index (κ3) is 10.1. The molecule has 0 spiro atoms. The van der Waals surface area contributed by atoms with Crippen molar-refractivity contribution >= 4 is 77.6 Å². The Hall–Kier alpha value is -1.92. The van der Waals surface area contributed by atoms with Gasteiger partial charge in [-0.05, 0) is 73.0 Å². The van der Waals surface area contributed by atoms with Crippen LogP contribution in [-0.4, -0.2) is 36.2 Å². The molecule has 0 radical (unpaired) electrons. The number of nitrogens with one attached hydrogen (secondary N) is 4. The fraction of sp³-hybridized carbons (Fsp3) is 0. The largest absolute Gasteiger partial charge is 1.00 e. The summed E-state index contributed by atoms with van der Waals surface area (Å²) >= 11 is 10.5. The molecule has 0 amide bonds. The summed E-state index contributed by atoms with van der Waals surface area (Å²) in [6, 6.07) is 25.1. The van der Waals surface area contributed by atoms with Gasteiger partial charge in [0.2, 0.25) is 0 Å². The second-order valence-electron chi connectivity index (χ2n) is 8.22. The van der Waals surface area contributed by atoms with Gasteiger partial charge in [-0.1, -0.05) is 48.5 Å². The average Bonchev–Trinajstić information content (AvgIpc) is 2.89. The van der Waals surface area contributed by atoms with Gasteiger partial charge in [-0.2, -0.15) is 0 Å². The van der Waals surface area contributed by atoms with Crippen LogP contribution in [0.15, 0.2) is 107 Å². The number of hydrogen-bond donors (Lipinski definition) is 4. The van der Waals surface area contributed by atoms with E-state index in [4.69, 9.17) is 24.4 Å². The van der Waals surface area contributed by atoms with E-state index in [1.807, 2.05) is 12.1 Å². The first-order valence-electron chi connectivity index (χ1n) is 11.4. The fourth-order valence-electron chi connectivity index (χ4n) is 3.69. The van der Waals surface area contributed by atoms with Gasteiger partial charge in [-0.3, -0.25) is 0 Å². The summed E-state index contributed by atoms with van der Waals surface area (Å²) in [5, 5.41) is 11.6. The quantitative estimate of drug-likeness (QED) is 0.107. The predicted octanol–water partition coefficient (Wildman–Crippen LogP) is -1.21. The van der Waals surface area contributed by atoms with Gasteiger partial charge in [0.15, 0.2) is 10.2 Å². The smallest absolute Gasteiger partial charge is 0.744 e. The van der Waals surface area contributed by atoms with Crippen LogP contribution in [0.5, 0.6) is 0 Å². The van der Waals surface area contributed by atoms with Crippen molar-refractivity contribution < 1.29 is 85.1 Å². The molecule has 4 rings (SSSR count). The van der Waals surface area contributed by atoms with Crippen molar-refractivity contribution in [1.29, 1.82) is 0 Å². The normalized spacial score (nSPS) is 10.8. The van der Waals surface area contributed by atoms with Crippen LogP contribution in [0.4, 0.5) is 22.7 Å². The average molecular weight is 659 g/mol. The summed E-state index contributed by atoms with van der Waals surface area (Å²) in [7, 11) is -10.2. The van der Waals surface area contributed by atoms with Crippen molar-refractivity contribution in [2.75, 3.05) is 21.3 Å². The molecule has 0 aliphatic heterocycles. The third-order valence-corrected chi connectivity index (χ3v) is 7.53. The predicted molar refractivity (Wildman–Crippen MR) is 160 cm³/mol. The van der Waals surface area contributed by atoms with Crippen LogP contribution in [0.3, 0.4) is 0 Å². The Bertz CT molecular complexity index is 1660. The summed E-state index contributed by atoms with van der Waals surface area (Å²) in [5.74, 6) is 0. The molecule has 0 unspecified atom stereocenters. The standard InChI is InChI=1S/C26H22N4O6S4.2Na/c31-39(32,33)23-15-19(29-25(37)27-17-7-3-1-4-8-17)11-13-21(23)22-14-12-20(16-24(22)40(34,35)36)30-26(38)28-18-9-5-2-6-10-18;;/h1-16H,(H2,27,29,37)(H2,28,30,38)(H,31,32,33)(H,34,35,36);;/q;2*+1/p-2. The van der Waals surface area contributed by atoms with E-state index in [2.05, 4.69) is 21.3 Å². The van der Waals surface area contributed by atoms with Crippen molar-refractivity contribution in [3.8, 4) is 11.1 Å². The van der Waals surface area contributed by atoms with Crippen LogP contribution in [0.2, 0.25) is 0 Å². The molecule has 0 aliphatic carbocycles. The van der Waals surface area contributed by atoms with E-state index in [9.17, 15) is 25.9 Å². The molecule has 4 aromatic rings. The third-order valence-electron chi connectivity index (χ3n) is 5.37. The first-order chi connectivity index (χ1) is 18.9. The van der Waals surface area contributed by atoms with E-state index in [-0.39, 0.29) is 91.8 Å². The molecular formula is C26H20N4Na2O6S4. The SMILES string of the molecule is O=S(=O)([O-])c1cc(NC(=S)Nc2ccccc2)ccc1-c1ccc(NC(=S)Nc2ccccc2)cc1S(=O)(=O)[O-].[Na+].[Na+]. The summed E-state index contributed by atoms with van der Waals surface area (Å²) in [5.41, 5.74) is 1.10. The minimum Gasteiger partial charge on any atom is -0.744 e. The van der Waals surface area contributed by atoms with E-state index in [1.165, 1.54) is 24.3 Å². The maximum atomic E-state index is 12.2. The number of thiocarbonyl (C=S) groups is 2. The molecule has 4 aromatic carbocycles. The summed E-state index contributed by atoms with van der Waals surface area (Å²) in [6.45, 7) is 0. The van der Waals surface area contributed by atoms with Crippen LogP contribution < -0.4 is 80.4 Å². The van der Waals surface area contributed by atoms with E-state index < -0.39 is 30.0 Å². The molecule has 0 aliphatic rings. The van der Waals surface area contributed by atoms with Gasteiger partial charge in [-0.25, -0.2) is 16.8 Å². The van der Waals surface area contributed by atoms with Gasteiger partial charge < -0.3 is 30.4 Å². The first-order valence-corrected chi connectivity index (χ1v) is 15.0. The Kier molecular flexibility index (Phi) is 13.6. The molecule has 42 heavy (non-hydrogen) atoms. The monoisotopic (exact) mass is 658 g/mol. The van der Waals surface area contributed by atoms with Gasteiger partial charge >= 0.3 is 59.1 Å². The van der Waals surface area contributed by atoms with Crippen LogP contribution >= 0.6 is 24.4 Å². The molecule has 0 aromatic heterocycles.